The van der Waals surface area contributed by atoms with Crippen molar-refractivity contribution in [1.82, 2.24) is 0 Å². The Morgan fingerprint density at radius 1 is 1.33 bits per heavy atom. The molecule has 1 aliphatic carbocycles. The van der Waals surface area contributed by atoms with Crippen molar-refractivity contribution >= 4 is 28.0 Å². The van der Waals surface area contributed by atoms with Crippen molar-refractivity contribution in [2.75, 3.05) is 4.90 Å². The van der Waals surface area contributed by atoms with Crippen LogP contribution in [0.2, 0.25) is 0 Å². The van der Waals surface area contributed by atoms with Crippen LogP contribution in [0.15, 0.2) is 16.6 Å². The minimum atomic E-state index is -0.713. The number of nitrogens with zero attached hydrogens (tertiary/aromatic N) is 1. The molecule has 0 atom stereocenters. The lowest BCUT2D eigenvalue weighted by Crippen LogP contribution is -2.24. The van der Waals surface area contributed by atoms with Gasteiger partial charge in [-0.3, -0.25) is 4.79 Å². The van der Waals surface area contributed by atoms with E-state index in [9.17, 15) is 13.6 Å². The molecule has 1 aromatic carbocycles. The summed E-state index contributed by atoms with van der Waals surface area (Å²) in [6.45, 7) is 0. The molecule has 80 valence electrons. The van der Waals surface area contributed by atoms with Crippen LogP contribution in [0.4, 0.5) is 14.5 Å². The third-order valence-electron chi connectivity index (χ3n) is 2.32. The van der Waals surface area contributed by atoms with Gasteiger partial charge in [-0.2, -0.15) is 0 Å². The maximum absolute atomic E-state index is 13.4. The van der Waals surface area contributed by atoms with E-state index >= 15 is 0 Å². The number of halogens is 3. The van der Waals surface area contributed by atoms with Gasteiger partial charge in [0.05, 0.1) is 10.2 Å². The summed E-state index contributed by atoms with van der Waals surface area (Å²) >= 11 is 2.96. The molecule has 0 aromatic heterocycles. The number of hydrogen-bond acceptors (Lipinski definition) is 1. The van der Waals surface area contributed by atoms with E-state index in [-0.39, 0.29) is 16.2 Å². The topological polar surface area (TPSA) is 20.3 Å². The Bertz CT molecular complexity index is 407. The third kappa shape index (κ3) is 2.02. The van der Waals surface area contributed by atoms with Crippen LogP contribution in [0.3, 0.4) is 0 Å². The molecule has 0 spiro atoms. The normalized spacial score (nSPS) is 15.1. The Morgan fingerprint density at radius 2 is 2.00 bits per heavy atom. The fourth-order valence-electron chi connectivity index (χ4n) is 1.40. The number of carbonyl (C=O) groups excluding carboxylic acids is 1. The monoisotopic (exact) mass is 275 g/mol. The summed E-state index contributed by atoms with van der Waals surface area (Å²) < 4.78 is 26.5. The van der Waals surface area contributed by atoms with E-state index in [2.05, 4.69) is 15.9 Å². The van der Waals surface area contributed by atoms with Gasteiger partial charge in [-0.15, -0.1) is 0 Å². The number of rotatable bonds is 3. The second-order valence-electron chi connectivity index (χ2n) is 3.46. The first-order valence-electron chi connectivity index (χ1n) is 4.51. The summed E-state index contributed by atoms with van der Waals surface area (Å²) in [4.78, 5) is 12.1. The molecule has 0 saturated heterocycles. The lowest BCUT2D eigenvalue weighted by Gasteiger charge is -2.17. The zero-order chi connectivity index (χ0) is 11.0. The van der Waals surface area contributed by atoms with Crippen LogP contribution >= 0.6 is 15.9 Å². The van der Waals surface area contributed by atoms with Crippen LogP contribution in [0.1, 0.15) is 12.8 Å². The second-order valence-corrected chi connectivity index (χ2v) is 4.32. The highest BCUT2D eigenvalue weighted by molar-refractivity contribution is 9.10. The highest BCUT2D eigenvalue weighted by atomic mass is 79.9. The van der Waals surface area contributed by atoms with E-state index in [4.69, 9.17) is 0 Å². The SMILES string of the molecule is O=CN(c1cc(Br)c(F)cc1F)C1CC1. The van der Waals surface area contributed by atoms with Gasteiger partial charge in [-0.1, -0.05) is 0 Å². The van der Waals surface area contributed by atoms with Crippen LogP contribution in [-0.4, -0.2) is 12.5 Å². The van der Waals surface area contributed by atoms with Gasteiger partial charge in [0.2, 0.25) is 6.41 Å². The Morgan fingerprint density at radius 3 is 2.53 bits per heavy atom. The molecule has 5 heteroatoms. The van der Waals surface area contributed by atoms with Crippen LogP contribution in [0, 0.1) is 11.6 Å². The zero-order valence-corrected chi connectivity index (χ0v) is 9.30. The van der Waals surface area contributed by atoms with Crippen LogP contribution in [0.25, 0.3) is 0 Å². The number of carbonyl (C=O) groups is 1. The van der Waals surface area contributed by atoms with Crippen molar-refractivity contribution in [2.24, 2.45) is 0 Å². The molecule has 1 aromatic rings. The average Bonchev–Trinajstić information content (AvgIpc) is 2.99. The molecular formula is C10H8BrF2NO. The molecule has 15 heavy (non-hydrogen) atoms. The molecule has 0 heterocycles. The van der Waals surface area contributed by atoms with E-state index in [1.165, 1.54) is 11.0 Å². The van der Waals surface area contributed by atoms with Gasteiger partial charge in [0.15, 0.2) is 0 Å². The Hall–Kier alpha value is -0.970. The standard InChI is InChI=1S/C10H8BrF2NO/c11-7-3-10(9(13)4-8(7)12)14(5-15)6-1-2-6/h3-6H,1-2H2. The summed E-state index contributed by atoms with van der Waals surface area (Å²) in [7, 11) is 0. The number of anilines is 1. The summed E-state index contributed by atoms with van der Waals surface area (Å²) in [6, 6.07) is 2.13. The predicted molar refractivity (Wildman–Crippen MR) is 55.6 cm³/mol. The van der Waals surface area contributed by atoms with Crippen molar-refractivity contribution in [3.05, 3.63) is 28.2 Å². The lowest BCUT2D eigenvalue weighted by atomic mass is 10.2. The molecule has 2 rings (SSSR count). The van der Waals surface area contributed by atoms with Crippen molar-refractivity contribution in [3.63, 3.8) is 0 Å². The van der Waals surface area contributed by atoms with Crippen molar-refractivity contribution < 1.29 is 13.6 Å². The quantitative estimate of drug-likeness (QED) is 0.614. The molecule has 1 amide bonds. The summed E-state index contributed by atoms with van der Waals surface area (Å²) in [5.41, 5.74) is 0.126. The molecule has 0 N–H and O–H groups in total. The fraction of sp³-hybridized carbons (Fsp3) is 0.300. The first-order chi connectivity index (χ1) is 7.13. The summed E-state index contributed by atoms with van der Waals surface area (Å²) in [5, 5.41) is 0. The largest absolute Gasteiger partial charge is 0.309 e. The number of amides is 1. The second kappa shape index (κ2) is 3.89. The number of hydrogen-bond donors (Lipinski definition) is 0. The maximum Gasteiger partial charge on any atom is 0.214 e. The Balaban J connectivity index is 2.41. The van der Waals surface area contributed by atoms with Crippen molar-refractivity contribution in [3.8, 4) is 0 Å². The fourth-order valence-corrected chi connectivity index (χ4v) is 1.73. The maximum atomic E-state index is 13.4. The van der Waals surface area contributed by atoms with Gasteiger partial charge in [0.25, 0.3) is 0 Å². The lowest BCUT2D eigenvalue weighted by molar-refractivity contribution is -0.107. The van der Waals surface area contributed by atoms with E-state index in [0.29, 0.717) is 6.41 Å². The minimum absolute atomic E-state index is 0.0642. The minimum Gasteiger partial charge on any atom is -0.309 e. The van der Waals surface area contributed by atoms with Crippen LogP contribution < -0.4 is 4.90 Å². The average molecular weight is 276 g/mol. The Labute approximate surface area is 94.0 Å². The summed E-state index contributed by atoms with van der Waals surface area (Å²) in [6.07, 6.45) is 2.32. The number of benzene rings is 1. The smallest absolute Gasteiger partial charge is 0.214 e. The van der Waals surface area contributed by atoms with Crippen molar-refractivity contribution in [1.29, 1.82) is 0 Å². The predicted octanol–water partition coefficient (Wildman–Crippen LogP) is 2.85. The van der Waals surface area contributed by atoms with Gasteiger partial charge in [0, 0.05) is 12.1 Å². The third-order valence-corrected chi connectivity index (χ3v) is 2.93. The zero-order valence-electron chi connectivity index (χ0n) is 7.71. The first kappa shape index (κ1) is 10.5. The highest BCUT2D eigenvalue weighted by Gasteiger charge is 2.31. The van der Waals surface area contributed by atoms with Crippen LogP contribution in [0.5, 0.6) is 0 Å². The van der Waals surface area contributed by atoms with Gasteiger partial charge in [-0.05, 0) is 34.8 Å². The molecule has 0 bridgehead atoms. The molecule has 1 fully saturated rings. The van der Waals surface area contributed by atoms with E-state index < -0.39 is 11.6 Å². The molecule has 1 aliphatic rings. The van der Waals surface area contributed by atoms with E-state index in [0.717, 1.165) is 18.9 Å². The first-order valence-corrected chi connectivity index (χ1v) is 5.31. The molecule has 0 unspecified atom stereocenters. The van der Waals surface area contributed by atoms with Gasteiger partial charge in [-0.25, -0.2) is 8.78 Å². The molecule has 1 saturated carbocycles. The van der Waals surface area contributed by atoms with Crippen LogP contribution in [-0.2, 0) is 4.79 Å². The van der Waals surface area contributed by atoms with Gasteiger partial charge < -0.3 is 4.90 Å². The molecule has 0 radical (unpaired) electrons. The van der Waals surface area contributed by atoms with E-state index in [1.54, 1.807) is 0 Å². The molecule has 2 nitrogen and oxygen atoms in total. The molecule has 0 aliphatic heterocycles. The molecular weight excluding hydrogens is 268 g/mol. The van der Waals surface area contributed by atoms with E-state index in [1.807, 2.05) is 0 Å². The highest BCUT2D eigenvalue weighted by Crippen LogP contribution is 2.34. The van der Waals surface area contributed by atoms with Gasteiger partial charge >= 0.3 is 0 Å². The van der Waals surface area contributed by atoms with Crippen molar-refractivity contribution in [2.45, 2.75) is 18.9 Å². The summed E-state index contributed by atoms with van der Waals surface area (Å²) in [5.74, 6) is -1.38. The van der Waals surface area contributed by atoms with Gasteiger partial charge in [0.1, 0.15) is 11.6 Å². The Kier molecular flexibility index (Phi) is 2.73.